The summed E-state index contributed by atoms with van der Waals surface area (Å²) in [6.07, 6.45) is 2.81. The summed E-state index contributed by atoms with van der Waals surface area (Å²) >= 11 is 0. The van der Waals surface area contributed by atoms with Crippen LogP contribution in [0.2, 0.25) is 0 Å². The SMILES string of the molecule is CC(C)(C)NC(N)=NCCNS(=O)(=O)c1cccnc1.I. The maximum absolute atomic E-state index is 11.9. The van der Waals surface area contributed by atoms with Crippen LogP contribution in [0.5, 0.6) is 0 Å². The molecule has 1 aromatic heterocycles. The predicted octanol–water partition coefficient (Wildman–Crippen LogP) is 0.681. The van der Waals surface area contributed by atoms with Crippen molar-refractivity contribution in [2.24, 2.45) is 10.7 Å². The van der Waals surface area contributed by atoms with Crippen LogP contribution < -0.4 is 15.8 Å². The highest BCUT2D eigenvalue weighted by Gasteiger charge is 2.13. The number of rotatable bonds is 5. The first-order valence-corrected chi connectivity index (χ1v) is 7.67. The first kappa shape index (κ1) is 20.1. The number of aliphatic imine (C=N–C) groups is 1. The molecule has 1 rings (SSSR count). The Morgan fingerprint density at radius 2 is 2.10 bits per heavy atom. The first-order chi connectivity index (χ1) is 9.21. The molecule has 120 valence electrons. The van der Waals surface area contributed by atoms with Gasteiger partial charge in [0.2, 0.25) is 10.0 Å². The van der Waals surface area contributed by atoms with E-state index in [1.165, 1.54) is 18.5 Å². The van der Waals surface area contributed by atoms with Gasteiger partial charge in [-0.2, -0.15) is 0 Å². The summed E-state index contributed by atoms with van der Waals surface area (Å²) in [5.74, 6) is 0.290. The van der Waals surface area contributed by atoms with Crippen LogP contribution in [0.1, 0.15) is 20.8 Å². The van der Waals surface area contributed by atoms with Gasteiger partial charge < -0.3 is 11.1 Å². The Hall–Kier alpha value is -0.940. The molecule has 0 aliphatic rings. The zero-order chi connectivity index (χ0) is 15.2. The van der Waals surface area contributed by atoms with Crippen LogP contribution in [0.25, 0.3) is 0 Å². The average Bonchev–Trinajstić information content (AvgIpc) is 2.34. The normalized spacial score (nSPS) is 12.6. The number of nitrogens with two attached hydrogens (primary N) is 1. The lowest BCUT2D eigenvalue weighted by Crippen LogP contribution is -2.45. The summed E-state index contributed by atoms with van der Waals surface area (Å²) in [4.78, 5) is 7.95. The molecule has 21 heavy (non-hydrogen) atoms. The zero-order valence-electron chi connectivity index (χ0n) is 12.3. The number of nitrogens with one attached hydrogen (secondary N) is 2. The van der Waals surface area contributed by atoms with E-state index in [1.54, 1.807) is 6.07 Å². The monoisotopic (exact) mass is 427 g/mol. The minimum atomic E-state index is -3.54. The van der Waals surface area contributed by atoms with Crippen molar-refractivity contribution in [1.82, 2.24) is 15.0 Å². The zero-order valence-corrected chi connectivity index (χ0v) is 15.5. The molecule has 7 nitrogen and oxygen atoms in total. The molecule has 0 aromatic carbocycles. The van der Waals surface area contributed by atoms with Crippen LogP contribution >= 0.6 is 24.0 Å². The number of halogens is 1. The van der Waals surface area contributed by atoms with Crippen LogP contribution in [0.15, 0.2) is 34.4 Å². The number of nitrogens with zero attached hydrogens (tertiary/aromatic N) is 2. The van der Waals surface area contributed by atoms with Crippen molar-refractivity contribution in [1.29, 1.82) is 0 Å². The molecule has 0 amide bonds. The van der Waals surface area contributed by atoms with Crippen molar-refractivity contribution in [2.75, 3.05) is 13.1 Å². The number of sulfonamides is 1. The molecule has 0 saturated carbocycles. The van der Waals surface area contributed by atoms with Gasteiger partial charge in [-0.1, -0.05) is 0 Å². The lowest BCUT2D eigenvalue weighted by atomic mass is 10.1. The molecule has 0 aliphatic heterocycles. The second-order valence-electron chi connectivity index (χ2n) is 5.23. The topological polar surface area (TPSA) is 109 Å². The standard InChI is InChI=1S/C12H21N5O2S.HI/c1-12(2,3)17-11(13)15-7-8-16-20(18,19)10-5-4-6-14-9-10;/h4-6,9,16H,7-8H2,1-3H3,(H3,13,15,17);1H. The van der Waals surface area contributed by atoms with Crippen LogP contribution in [0, 0.1) is 0 Å². The molecule has 0 fully saturated rings. The Bertz CT molecular complexity index is 555. The fraction of sp³-hybridized carbons (Fsp3) is 0.500. The van der Waals surface area contributed by atoms with Crippen LogP contribution in [-0.2, 0) is 10.0 Å². The second-order valence-corrected chi connectivity index (χ2v) is 7.00. The lowest BCUT2D eigenvalue weighted by molar-refractivity contribution is 0.508. The third-order valence-corrected chi connectivity index (χ3v) is 3.58. The molecular formula is C12H22IN5O2S. The highest BCUT2D eigenvalue weighted by Crippen LogP contribution is 2.04. The predicted molar refractivity (Wildman–Crippen MR) is 94.2 cm³/mol. The molecule has 1 heterocycles. The molecule has 0 unspecified atom stereocenters. The Labute approximate surface area is 142 Å². The number of guanidine groups is 1. The molecule has 1 aromatic rings. The molecule has 0 spiro atoms. The maximum atomic E-state index is 11.9. The Morgan fingerprint density at radius 3 is 2.62 bits per heavy atom. The van der Waals surface area contributed by atoms with Gasteiger partial charge in [0, 0.05) is 24.5 Å². The quantitative estimate of drug-likeness (QED) is 0.277. The van der Waals surface area contributed by atoms with E-state index in [4.69, 9.17) is 5.73 Å². The Morgan fingerprint density at radius 1 is 1.43 bits per heavy atom. The van der Waals surface area contributed by atoms with Crippen molar-refractivity contribution in [3.63, 3.8) is 0 Å². The fourth-order valence-corrected chi connectivity index (χ4v) is 2.35. The van der Waals surface area contributed by atoms with Gasteiger partial charge in [0.15, 0.2) is 5.96 Å². The molecular weight excluding hydrogens is 405 g/mol. The maximum Gasteiger partial charge on any atom is 0.242 e. The number of aromatic nitrogens is 1. The average molecular weight is 427 g/mol. The summed E-state index contributed by atoms with van der Waals surface area (Å²) in [5.41, 5.74) is 5.49. The smallest absolute Gasteiger partial charge is 0.242 e. The van der Waals surface area contributed by atoms with E-state index in [1.807, 2.05) is 20.8 Å². The molecule has 0 saturated heterocycles. The van der Waals surface area contributed by atoms with E-state index >= 15 is 0 Å². The van der Waals surface area contributed by atoms with E-state index in [0.29, 0.717) is 0 Å². The first-order valence-electron chi connectivity index (χ1n) is 6.18. The van der Waals surface area contributed by atoms with Crippen molar-refractivity contribution in [3.8, 4) is 0 Å². The van der Waals surface area contributed by atoms with E-state index in [2.05, 4.69) is 20.0 Å². The van der Waals surface area contributed by atoms with Gasteiger partial charge in [-0.25, -0.2) is 13.1 Å². The van der Waals surface area contributed by atoms with Gasteiger partial charge in [-0.3, -0.25) is 9.98 Å². The van der Waals surface area contributed by atoms with E-state index in [-0.39, 0.29) is 53.5 Å². The molecule has 0 atom stereocenters. The molecule has 0 bridgehead atoms. The van der Waals surface area contributed by atoms with Gasteiger partial charge >= 0.3 is 0 Å². The highest BCUT2D eigenvalue weighted by molar-refractivity contribution is 14.0. The summed E-state index contributed by atoms with van der Waals surface area (Å²) in [6.45, 7) is 6.31. The van der Waals surface area contributed by atoms with Crippen LogP contribution in [0.4, 0.5) is 0 Å². The van der Waals surface area contributed by atoms with Gasteiger partial charge in [0.05, 0.1) is 6.54 Å². The third-order valence-electron chi connectivity index (χ3n) is 2.13. The van der Waals surface area contributed by atoms with Crippen LogP contribution in [-0.4, -0.2) is 38.0 Å². The van der Waals surface area contributed by atoms with E-state index in [9.17, 15) is 8.42 Å². The number of hydrogen-bond donors (Lipinski definition) is 3. The number of pyridine rings is 1. The number of hydrogen-bond acceptors (Lipinski definition) is 4. The van der Waals surface area contributed by atoms with E-state index < -0.39 is 10.0 Å². The van der Waals surface area contributed by atoms with Gasteiger partial charge in [-0.05, 0) is 32.9 Å². The molecule has 0 radical (unpaired) electrons. The van der Waals surface area contributed by atoms with Crippen LogP contribution in [0.3, 0.4) is 0 Å². The lowest BCUT2D eigenvalue weighted by Gasteiger charge is -2.20. The molecule has 9 heteroatoms. The summed E-state index contributed by atoms with van der Waals surface area (Å²) in [6, 6.07) is 3.05. The van der Waals surface area contributed by atoms with Crippen molar-refractivity contribution in [2.45, 2.75) is 31.2 Å². The summed E-state index contributed by atoms with van der Waals surface area (Å²) in [5, 5.41) is 2.99. The van der Waals surface area contributed by atoms with E-state index in [0.717, 1.165) is 0 Å². The van der Waals surface area contributed by atoms with Gasteiger partial charge in [-0.15, -0.1) is 24.0 Å². The summed E-state index contributed by atoms with van der Waals surface area (Å²) < 4.78 is 26.2. The van der Waals surface area contributed by atoms with Crippen molar-refractivity contribution < 1.29 is 8.42 Å². The Balaban J connectivity index is 0.00000400. The second kappa shape index (κ2) is 8.49. The van der Waals surface area contributed by atoms with Crippen molar-refractivity contribution >= 4 is 40.0 Å². The third kappa shape index (κ3) is 8.17. The minimum absolute atomic E-state index is 0. The van der Waals surface area contributed by atoms with Gasteiger partial charge in [0.1, 0.15) is 4.90 Å². The van der Waals surface area contributed by atoms with Crippen molar-refractivity contribution in [3.05, 3.63) is 24.5 Å². The summed E-state index contributed by atoms with van der Waals surface area (Å²) in [7, 11) is -3.54. The minimum Gasteiger partial charge on any atom is -0.370 e. The molecule has 0 aliphatic carbocycles. The largest absolute Gasteiger partial charge is 0.370 e. The van der Waals surface area contributed by atoms with Gasteiger partial charge in [0.25, 0.3) is 0 Å². The molecule has 4 N–H and O–H groups in total. The fourth-order valence-electron chi connectivity index (χ4n) is 1.37. The Kier molecular flexibility index (Phi) is 8.11. The highest BCUT2D eigenvalue weighted by atomic mass is 127.